The number of aliphatic hydroxyl groups excluding tert-OH is 1. The van der Waals surface area contributed by atoms with Gasteiger partial charge in [-0.25, -0.2) is 0 Å². The molecular formula is C30H25N3O6. The number of rotatable bonds is 9. The number of nitrogens with zero attached hydrogens (tertiary/aromatic N) is 2. The molecule has 0 spiro atoms. The molecule has 9 nitrogen and oxygen atoms in total. The maximum absolute atomic E-state index is 13.3. The molecule has 9 heteroatoms. The van der Waals surface area contributed by atoms with Crippen molar-refractivity contribution in [1.29, 1.82) is 0 Å². The van der Waals surface area contributed by atoms with Crippen LogP contribution in [0.3, 0.4) is 0 Å². The Hall–Kier alpha value is -5.18. The zero-order chi connectivity index (χ0) is 27.5. The molecule has 4 aromatic rings. The van der Waals surface area contributed by atoms with E-state index in [1.165, 1.54) is 35.2 Å². The van der Waals surface area contributed by atoms with Gasteiger partial charge in [-0.1, -0.05) is 36.4 Å². The van der Waals surface area contributed by atoms with Crippen LogP contribution in [0.25, 0.3) is 17.0 Å². The highest BCUT2D eigenvalue weighted by molar-refractivity contribution is 6.14. The second-order valence-electron chi connectivity index (χ2n) is 9.10. The first-order valence-electron chi connectivity index (χ1n) is 12.3. The number of aliphatic hydroxyl groups is 1. The third kappa shape index (κ3) is 5.02. The number of allylic oxidation sites excluding steroid dienone is 1. The van der Waals surface area contributed by atoms with E-state index in [-0.39, 0.29) is 17.8 Å². The zero-order valence-corrected chi connectivity index (χ0v) is 21.0. The molecular weight excluding hydrogens is 498 g/mol. The molecule has 1 aliphatic rings. The quantitative estimate of drug-likeness (QED) is 0.174. The van der Waals surface area contributed by atoms with Crippen molar-refractivity contribution >= 4 is 34.4 Å². The van der Waals surface area contributed by atoms with Crippen molar-refractivity contribution in [2.75, 3.05) is 13.7 Å². The van der Waals surface area contributed by atoms with Crippen molar-refractivity contribution in [2.24, 2.45) is 0 Å². The van der Waals surface area contributed by atoms with E-state index in [1.54, 1.807) is 13.2 Å². The Balaban J connectivity index is 1.48. The lowest BCUT2D eigenvalue weighted by Gasteiger charge is -2.26. The number of methoxy groups -OCH3 is 1. The van der Waals surface area contributed by atoms with Gasteiger partial charge in [0.1, 0.15) is 5.75 Å². The van der Waals surface area contributed by atoms with Crippen molar-refractivity contribution in [3.8, 4) is 5.75 Å². The van der Waals surface area contributed by atoms with Crippen LogP contribution in [-0.4, -0.2) is 45.3 Å². The van der Waals surface area contributed by atoms with Crippen LogP contribution in [-0.2, 0) is 16.0 Å². The summed E-state index contributed by atoms with van der Waals surface area (Å²) in [6, 6.07) is 19.6. The second-order valence-corrected chi connectivity index (χ2v) is 9.10. The maximum Gasteiger partial charge on any atom is 0.290 e. The SMILES string of the molecule is COc1ccc2[nH]cc(CCN3C(=O)C(O)=C(C(=O)/C=C/c4ccccc4)C3c3ccc([N+](=O)[O-])cc3)c2c1. The number of carbonyl (C=O) groups excluding carboxylic acids is 2. The fourth-order valence-corrected chi connectivity index (χ4v) is 4.82. The maximum atomic E-state index is 13.3. The number of fused-ring (bicyclic) bond motifs is 1. The number of nitro groups is 1. The van der Waals surface area contributed by atoms with Crippen LogP contribution in [0, 0.1) is 10.1 Å². The number of amides is 1. The Morgan fingerprint density at radius 1 is 1.13 bits per heavy atom. The fourth-order valence-electron chi connectivity index (χ4n) is 4.82. The van der Waals surface area contributed by atoms with Gasteiger partial charge in [0.15, 0.2) is 11.5 Å². The molecule has 3 aromatic carbocycles. The highest BCUT2D eigenvalue weighted by atomic mass is 16.6. The Bertz CT molecular complexity index is 1620. The first-order chi connectivity index (χ1) is 18.9. The Labute approximate surface area is 223 Å². The van der Waals surface area contributed by atoms with Crippen LogP contribution < -0.4 is 4.74 Å². The second kappa shape index (κ2) is 10.7. The van der Waals surface area contributed by atoms with Gasteiger partial charge in [0, 0.05) is 35.8 Å². The number of ketones is 1. The van der Waals surface area contributed by atoms with Gasteiger partial charge in [0.25, 0.3) is 11.6 Å². The van der Waals surface area contributed by atoms with E-state index in [9.17, 15) is 24.8 Å². The molecule has 5 rings (SSSR count). The van der Waals surface area contributed by atoms with Gasteiger partial charge >= 0.3 is 0 Å². The Kier molecular flexibility index (Phi) is 6.96. The number of hydrogen-bond donors (Lipinski definition) is 2. The lowest BCUT2D eigenvalue weighted by atomic mass is 9.95. The molecule has 196 valence electrons. The van der Waals surface area contributed by atoms with Crippen LogP contribution >= 0.6 is 0 Å². The summed E-state index contributed by atoms with van der Waals surface area (Å²) in [5, 5.41) is 23.0. The average Bonchev–Trinajstić information content (AvgIpc) is 3.48. The largest absolute Gasteiger partial charge is 0.503 e. The van der Waals surface area contributed by atoms with Gasteiger partial charge in [-0.3, -0.25) is 19.7 Å². The molecule has 2 N–H and O–H groups in total. The predicted octanol–water partition coefficient (Wildman–Crippen LogP) is 5.31. The van der Waals surface area contributed by atoms with Gasteiger partial charge in [-0.2, -0.15) is 0 Å². The number of H-pyrrole nitrogens is 1. The van der Waals surface area contributed by atoms with Crippen molar-refractivity contribution in [1.82, 2.24) is 9.88 Å². The minimum Gasteiger partial charge on any atom is -0.503 e. The normalized spacial score (nSPS) is 15.5. The van der Waals surface area contributed by atoms with Gasteiger partial charge < -0.3 is 19.7 Å². The van der Waals surface area contributed by atoms with Crippen molar-refractivity contribution in [3.05, 3.63) is 123 Å². The minimum atomic E-state index is -0.911. The first-order valence-corrected chi connectivity index (χ1v) is 12.3. The van der Waals surface area contributed by atoms with E-state index in [4.69, 9.17) is 4.74 Å². The molecule has 1 aliphatic heterocycles. The third-order valence-corrected chi connectivity index (χ3v) is 6.81. The fraction of sp³-hybridized carbons (Fsp3) is 0.133. The molecule has 1 atom stereocenters. The molecule has 1 amide bonds. The number of aromatic nitrogens is 1. The number of benzene rings is 3. The lowest BCUT2D eigenvalue weighted by molar-refractivity contribution is -0.384. The van der Waals surface area contributed by atoms with Crippen LogP contribution in [0.5, 0.6) is 5.75 Å². The monoisotopic (exact) mass is 523 g/mol. The van der Waals surface area contributed by atoms with Gasteiger partial charge in [0.05, 0.1) is 23.6 Å². The Morgan fingerprint density at radius 3 is 2.56 bits per heavy atom. The van der Waals surface area contributed by atoms with E-state index >= 15 is 0 Å². The molecule has 0 saturated heterocycles. The molecule has 0 saturated carbocycles. The zero-order valence-electron chi connectivity index (χ0n) is 21.0. The molecule has 1 aromatic heterocycles. The smallest absolute Gasteiger partial charge is 0.290 e. The van der Waals surface area contributed by atoms with E-state index < -0.39 is 28.4 Å². The van der Waals surface area contributed by atoms with Crippen LogP contribution in [0.1, 0.15) is 22.7 Å². The van der Waals surface area contributed by atoms with Gasteiger partial charge in [-0.05, 0) is 59.5 Å². The molecule has 0 bridgehead atoms. The summed E-state index contributed by atoms with van der Waals surface area (Å²) < 4.78 is 5.34. The van der Waals surface area contributed by atoms with Crippen molar-refractivity contribution in [2.45, 2.75) is 12.5 Å². The van der Waals surface area contributed by atoms with E-state index in [0.717, 1.165) is 22.0 Å². The number of aromatic amines is 1. The average molecular weight is 524 g/mol. The minimum absolute atomic E-state index is 0.0679. The molecule has 0 fully saturated rings. The van der Waals surface area contributed by atoms with E-state index in [1.807, 2.05) is 54.7 Å². The van der Waals surface area contributed by atoms with Crippen molar-refractivity contribution in [3.63, 3.8) is 0 Å². The number of non-ortho nitro benzene ring substituents is 1. The molecule has 2 heterocycles. The molecule has 0 radical (unpaired) electrons. The standard InChI is InChI=1S/C30H25N3O6/c1-39-23-12-13-25-24(17-23)21(18-31-25)15-16-32-28(20-8-10-22(11-9-20)33(37)38)27(29(35)30(32)36)26(34)14-7-19-5-3-2-4-6-19/h2-14,17-18,28,31,35H,15-16H2,1H3/b14-7+. The lowest BCUT2D eigenvalue weighted by Crippen LogP contribution is -2.33. The van der Waals surface area contributed by atoms with Crippen LogP contribution in [0.15, 0.2) is 96.4 Å². The predicted molar refractivity (Wildman–Crippen MR) is 146 cm³/mol. The summed E-state index contributed by atoms with van der Waals surface area (Å²) in [4.78, 5) is 41.9. The van der Waals surface area contributed by atoms with Crippen molar-refractivity contribution < 1.29 is 24.4 Å². The topological polar surface area (TPSA) is 126 Å². The highest BCUT2D eigenvalue weighted by Gasteiger charge is 2.42. The summed E-state index contributed by atoms with van der Waals surface area (Å²) >= 11 is 0. The summed E-state index contributed by atoms with van der Waals surface area (Å²) in [6.45, 7) is 0.188. The number of carbonyl (C=O) groups is 2. The Morgan fingerprint density at radius 2 is 1.87 bits per heavy atom. The molecule has 39 heavy (non-hydrogen) atoms. The van der Waals surface area contributed by atoms with Crippen LogP contribution in [0.2, 0.25) is 0 Å². The highest BCUT2D eigenvalue weighted by Crippen LogP contribution is 2.39. The number of nitrogens with one attached hydrogen (secondary N) is 1. The third-order valence-electron chi connectivity index (χ3n) is 6.81. The number of ether oxygens (including phenoxy) is 1. The van der Waals surface area contributed by atoms with E-state index in [0.29, 0.717) is 17.7 Å². The summed E-state index contributed by atoms with van der Waals surface area (Å²) in [7, 11) is 1.59. The number of hydrogen-bond acceptors (Lipinski definition) is 6. The van der Waals surface area contributed by atoms with E-state index in [2.05, 4.69) is 4.98 Å². The van der Waals surface area contributed by atoms with Gasteiger partial charge in [-0.15, -0.1) is 0 Å². The summed E-state index contributed by atoms with van der Waals surface area (Å²) in [5.74, 6) is -1.12. The van der Waals surface area contributed by atoms with Crippen LogP contribution in [0.4, 0.5) is 5.69 Å². The molecule has 1 unspecified atom stereocenters. The summed E-state index contributed by atoms with van der Waals surface area (Å²) in [6.07, 6.45) is 5.22. The summed E-state index contributed by atoms with van der Waals surface area (Å²) in [5.41, 5.74) is 2.92. The van der Waals surface area contributed by atoms with Gasteiger partial charge in [0.2, 0.25) is 0 Å². The first kappa shape index (κ1) is 25.5. The molecule has 0 aliphatic carbocycles. The number of nitro benzene ring substituents is 1.